The number of anilines is 1. The number of aromatic nitrogens is 2. The van der Waals surface area contributed by atoms with Gasteiger partial charge in [0.15, 0.2) is 0 Å². The second kappa shape index (κ2) is 9.12. The lowest BCUT2D eigenvalue weighted by Crippen LogP contribution is -2.51. The van der Waals surface area contributed by atoms with Crippen LogP contribution in [-0.4, -0.2) is 60.0 Å². The predicted molar refractivity (Wildman–Crippen MR) is 90.9 cm³/mol. The molecule has 0 unspecified atom stereocenters. The lowest BCUT2D eigenvalue weighted by atomic mass is 10.3. The van der Waals surface area contributed by atoms with Gasteiger partial charge in [0.1, 0.15) is 0 Å². The van der Waals surface area contributed by atoms with E-state index in [1.54, 1.807) is 12.4 Å². The topological polar surface area (TPSA) is 61.4 Å². The number of amides is 1. The molecule has 2 aliphatic rings. The monoisotopic (exact) mass is 347 g/mol. The molecule has 2 heterocycles. The van der Waals surface area contributed by atoms with Crippen LogP contribution >= 0.6 is 24.8 Å². The van der Waals surface area contributed by atoms with Crippen LogP contribution in [0.5, 0.6) is 0 Å². The number of carbonyl (C=O) groups is 1. The van der Waals surface area contributed by atoms with Crippen molar-refractivity contribution in [3.8, 4) is 0 Å². The van der Waals surface area contributed by atoms with E-state index in [0.29, 0.717) is 6.54 Å². The number of carbonyl (C=O) groups excluding carboxylic acids is 1. The lowest BCUT2D eigenvalue weighted by molar-refractivity contribution is -0.130. The summed E-state index contributed by atoms with van der Waals surface area (Å²) in [5.74, 6) is 1.78. The van der Waals surface area contributed by atoms with E-state index in [4.69, 9.17) is 0 Å². The van der Waals surface area contributed by atoms with Crippen molar-refractivity contribution in [2.24, 2.45) is 5.92 Å². The van der Waals surface area contributed by atoms with Crippen LogP contribution in [0.15, 0.2) is 18.5 Å². The van der Waals surface area contributed by atoms with Crippen LogP contribution in [0.25, 0.3) is 0 Å². The van der Waals surface area contributed by atoms with Crippen LogP contribution in [0.3, 0.4) is 0 Å². The fourth-order valence-electron chi connectivity index (χ4n) is 2.43. The first-order valence-electron chi connectivity index (χ1n) is 7.33. The van der Waals surface area contributed by atoms with Gasteiger partial charge >= 0.3 is 0 Å². The summed E-state index contributed by atoms with van der Waals surface area (Å²) >= 11 is 0. The normalized spacial score (nSPS) is 17.5. The molecule has 1 aromatic rings. The van der Waals surface area contributed by atoms with Gasteiger partial charge in [0, 0.05) is 38.6 Å². The second-order valence-electron chi connectivity index (χ2n) is 5.49. The third kappa shape index (κ3) is 5.26. The smallest absolute Gasteiger partial charge is 0.236 e. The zero-order valence-electron chi connectivity index (χ0n) is 12.5. The molecule has 0 atom stereocenters. The highest BCUT2D eigenvalue weighted by Gasteiger charge is 2.24. The fourth-order valence-corrected chi connectivity index (χ4v) is 2.43. The SMILES string of the molecule is Cl.Cl.O=C(CNCC1CC1)N1CCN(c2ncccn2)CC1. The van der Waals surface area contributed by atoms with Gasteiger partial charge in [-0.05, 0) is 31.4 Å². The van der Waals surface area contributed by atoms with Crippen molar-refractivity contribution in [1.29, 1.82) is 0 Å². The first kappa shape index (κ1) is 18.9. The molecule has 1 aromatic heterocycles. The van der Waals surface area contributed by atoms with Crippen LogP contribution < -0.4 is 10.2 Å². The maximum absolute atomic E-state index is 12.1. The molecule has 124 valence electrons. The Hall–Kier alpha value is -1.11. The highest BCUT2D eigenvalue weighted by molar-refractivity contribution is 5.85. The van der Waals surface area contributed by atoms with Crippen LogP contribution in [0.1, 0.15) is 12.8 Å². The molecule has 0 radical (unpaired) electrons. The molecule has 3 rings (SSSR count). The van der Waals surface area contributed by atoms with Gasteiger partial charge in [-0.3, -0.25) is 4.79 Å². The van der Waals surface area contributed by atoms with Gasteiger partial charge in [-0.25, -0.2) is 9.97 Å². The molecule has 6 nitrogen and oxygen atoms in total. The molecule has 1 saturated carbocycles. The summed E-state index contributed by atoms with van der Waals surface area (Å²) in [5, 5.41) is 3.26. The van der Waals surface area contributed by atoms with E-state index in [1.165, 1.54) is 12.8 Å². The number of hydrogen-bond acceptors (Lipinski definition) is 5. The summed E-state index contributed by atoms with van der Waals surface area (Å²) < 4.78 is 0. The Kier molecular flexibility index (Phi) is 7.85. The van der Waals surface area contributed by atoms with Crippen LogP contribution in [0.2, 0.25) is 0 Å². The Morgan fingerprint density at radius 1 is 1.14 bits per heavy atom. The Bertz CT molecular complexity index is 450. The van der Waals surface area contributed by atoms with Gasteiger partial charge in [0.25, 0.3) is 0 Å². The molecule has 8 heteroatoms. The molecule has 0 spiro atoms. The number of hydrogen-bond donors (Lipinski definition) is 1. The predicted octanol–water partition coefficient (Wildman–Crippen LogP) is 0.968. The Morgan fingerprint density at radius 3 is 2.36 bits per heavy atom. The van der Waals surface area contributed by atoms with Crippen LogP contribution in [-0.2, 0) is 4.79 Å². The summed E-state index contributed by atoms with van der Waals surface area (Å²) in [7, 11) is 0. The molecule has 1 saturated heterocycles. The third-order valence-corrected chi connectivity index (χ3v) is 3.87. The Morgan fingerprint density at radius 2 is 1.77 bits per heavy atom. The van der Waals surface area contributed by atoms with Crippen molar-refractivity contribution in [3.63, 3.8) is 0 Å². The molecule has 0 aromatic carbocycles. The summed E-state index contributed by atoms with van der Waals surface area (Å²) in [5.41, 5.74) is 0. The molecule has 1 aliphatic carbocycles. The van der Waals surface area contributed by atoms with E-state index in [0.717, 1.165) is 44.6 Å². The van der Waals surface area contributed by atoms with E-state index in [1.807, 2.05) is 11.0 Å². The fraction of sp³-hybridized carbons (Fsp3) is 0.643. The van der Waals surface area contributed by atoms with Crippen LogP contribution in [0, 0.1) is 5.92 Å². The first-order valence-corrected chi connectivity index (χ1v) is 7.33. The van der Waals surface area contributed by atoms with Gasteiger partial charge in [-0.1, -0.05) is 0 Å². The molecular formula is C14H23Cl2N5O. The van der Waals surface area contributed by atoms with Crippen molar-refractivity contribution >= 4 is 36.7 Å². The Balaban J connectivity index is 0.00000121. The minimum absolute atomic E-state index is 0. The van der Waals surface area contributed by atoms with E-state index in [9.17, 15) is 4.79 Å². The van der Waals surface area contributed by atoms with Crippen molar-refractivity contribution in [2.75, 3.05) is 44.2 Å². The second-order valence-corrected chi connectivity index (χ2v) is 5.49. The number of piperazine rings is 1. The summed E-state index contributed by atoms with van der Waals surface area (Å²) in [4.78, 5) is 24.6. The number of halogens is 2. The molecule has 2 fully saturated rings. The number of nitrogens with one attached hydrogen (secondary N) is 1. The minimum atomic E-state index is 0. The van der Waals surface area contributed by atoms with Crippen molar-refractivity contribution in [1.82, 2.24) is 20.2 Å². The number of rotatable bonds is 5. The largest absolute Gasteiger partial charge is 0.338 e. The highest BCUT2D eigenvalue weighted by atomic mass is 35.5. The van der Waals surface area contributed by atoms with Gasteiger partial charge in [0.05, 0.1) is 6.54 Å². The molecular weight excluding hydrogens is 325 g/mol. The zero-order chi connectivity index (χ0) is 13.8. The summed E-state index contributed by atoms with van der Waals surface area (Å²) in [6, 6.07) is 1.81. The van der Waals surface area contributed by atoms with Gasteiger partial charge in [0.2, 0.25) is 11.9 Å². The molecule has 22 heavy (non-hydrogen) atoms. The highest BCUT2D eigenvalue weighted by Crippen LogP contribution is 2.27. The van der Waals surface area contributed by atoms with E-state index >= 15 is 0 Å². The summed E-state index contributed by atoms with van der Waals surface area (Å²) in [6.45, 7) is 4.57. The van der Waals surface area contributed by atoms with Crippen molar-refractivity contribution in [3.05, 3.63) is 18.5 Å². The summed E-state index contributed by atoms with van der Waals surface area (Å²) in [6.07, 6.45) is 6.14. The Labute approximate surface area is 143 Å². The first-order chi connectivity index (χ1) is 9.83. The average molecular weight is 348 g/mol. The van der Waals surface area contributed by atoms with E-state index < -0.39 is 0 Å². The van der Waals surface area contributed by atoms with Crippen molar-refractivity contribution < 1.29 is 4.79 Å². The number of nitrogens with zero attached hydrogens (tertiary/aromatic N) is 4. The van der Waals surface area contributed by atoms with Gasteiger partial charge in [-0.15, -0.1) is 24.8 Å². The molecule has 0 bridgehead atoms. The standard InChI is InChI=1S/C14H21N5O.2ClH/c20-13(11-15-10-12-2-3-12)18-6-8-19(9-7-18)14-16-4-1-5-17-14;;/h1,4-5,12,15H,2-3,6-11H2;2*1H. The van der Waals surface area contributed by atoms with Crippen molar-refractivity contribution in [2.45, 2.75) is 12.8 Å². The molecule has 1 aliphatic heterocycles. The minimum Gasteiger partial charge on any atom is -0.338 e. The average Bonchev–Trinajstić information content (AvgIpc) is 3.32. The third-order valence-electron chi connectivity index (χ3n) is 3.87. The molecule has 1 N–H and O–H groups in total. The van der Waals surface area contributed by atoms with E-state index in [2.05, 4.69) is 20.2 Å². The molecule has 1 amide bonds. The van der Waals surface area contributed by atoms with E-state index in [-0.39, 0.29) is 30.7 Å². The zero-order valence-corrected chi connectivity index (χ0v) is 14.1. The quantitative estimate of drug-likeness (QED) is 0.859. The van der Waals surface area contributed by atoms with Crippen LogP contribution in [0.4, 0.5) is 5.95 Å². The maximum Gasteiger partial charge on any atom is 0.236 e. The maximum atomic E-state index is 12.1. The van der Waals surface area contributed by atoms with Gasteiger partial charge < -0.3 is 15.1 Å². The van der Waals surface area contributed by atoms with Gasteiger partial charge in [-0.2, -0.15) is 0 Å². The lowest BCUT2D eigenvalue weighted by Gasteiger charge is -2.34.